The number of carbonyl (C=O) groups is 1. The van der Waals surface area contributed by atoms with Gasteiger partial charge in [0.2, 0.25) is 0 Å². The van der Waals surface area contributed by atoms with E-state index in [0.29, 0.717) is 0 Å². The van der Waals surface area contributed by atoms with E-state index in [0.717, 1.165) is 0 Å². The van der Waals surface area contributed by atoms with Gasteiger partial charge < -0.3 is 5.73 Å². The van der Waals surface area contributed by atoms with E-state index in [1.165, 1.54) is 0 Å². The summed E-state index contributed by atoms with van der Waals surface area (Å²) in [5, 5.41) is 0. The Morgan fingerprint density at radius 3 is 2.11 bits per heavy atom. The molecule has 0 aliphatic rings. The molecule has 9 heavy (non-hydrogen) atoms. The highest BCUT2D eigenvalue weighted by atomic mass is 16.2. The standard InChI is InChI=1S/C5H13N3O/c1-3(2)4(6)5(9)8-7/h3-4H,6-7H2,1-2H3,(H,8,9)/t4-/m0/s1. The van der Waals surface area contributed by atoms with E-state index in [4.69, 9.17) is 11.6 Å². The lowest BCUT2D eigenvalue weighted by atomic mass is 10.1. The molecule has 0 aromatic rings. The maximum atomic E-state index is 10.6. The Morgan fingerprint density at radius 2 is 2.00 bits per heavy atom. The molecule has 0 rings (SSSR count). The molecule has 0 fully saturated rings. The molecule has 4 nitrogen and oxygen atoms in total. The Bertz CT molecular complexity index is 102. The van der Waals surface area contributed by atoms with Crippen LogP contribution in [0.2, 0.25) is 0 Å². The molecule has 0 saturated heterocycles. The van der Waals surface area contributed by atoms with Crippen molar-refractivity contribution in [2.24, 2.45) is 17.5 Å². The Hall–Kier alpha value is -0.610. The van der Waals surface area contributed by atoms with E-state index in [9.17, 15) is 4.79 Å². The number of hydrogen-bond acceptors (Lipinski definition) is 3. The fourth-order valence-corrected chi connectivity index (χ4v) is 0.399. The summed E-state index contributed by atoms with van der Waals surface area (Å²) in [6.07, 6.45) is 0. The molecule has 0 saturated carbocycles. The van der Waals surface area contributed by atoms with E-state index in [1.807, 2.05) is 19.3 Å². The van der Waals surface area contributed by atoms with Crippen LogP contribution in [0.1, 0.15) is 13.8 Å². The van der Waals surface area contributed by atoms with Gasteiger partial charge in [-0.1, -0.05) is 13.8 Å². The zero-order valence-corrected chi connectivity index (χ0v) is 5.72. The lowest BCUT2D eigenvalue weighted by molar-refractivity contribution is -0.123. The van der Waals surface area contributed by atoms with Gasteiger partial charge in [-0.25, -0.2) is 5.84 Å². The monoisotopic (exact) mass is 131 g/mol. The molecule has 54 valence electrons. The fourth-order valence-electron chi connectivity index (χ4n) is 0.399. The SMILES string of the molecule is CC(C)[C@H](N)C(=O)NN. The topological polar surface area (TPSA) is 81.1 Å². The summed E-state index contributed by atoms with van der Waals surface area (Å²) in [5.41, 5.74) is 7.36. The predicted molar refractivity (Wildman–Crippen MR) is 35.1 cm³/mol. The van der Waals surface area contributed by atoms with Gasteiger partial charge in [0, 0.05) is 0 Å². The molecule has 0 unspecified atom stereocenters. The highest BCUT2D eigenvalue weighted by Gasteiger charge is 2.14. The Morgan fingerprint density at radius 1 is 1.56 bits per heavy atom. The first-order chi connectivity index (χ1) is 4.09. The van der Waals surface area contributed by atoms with Crippen molar-refractivity contribution in [2.75, 3.05) is 0 Å². The van der Waals surface area contributed by atoms with Gasteiger partial charge in [-0.2, -0.15) is 0 Å². The highest BCUT2D eigenvalue weighted by Crippen LogP contribution is 1.96. The average molecular weight is 131 g/mol. The van der Waals surface area contributed by atoms with Crippen LogP contribution in [0.25, 0.3) is 0 Å². The largest absolute Gasteiger partial charge is 0.320 e. The normalized spacial score (nSPS) is 13.4. The third-order valence-corrected chi connectivity index (χ3v) is 1.16. The van der Waals surface area contributed by atoms with E-state index in [-0.39, 0.29) is 11.8 Å². The number of nitrogens with two attached hydrogens (primary N) is 2. The van der Waals surface area contributed by atoms with Gasteiger partial charge in [-0.15, -0.1) is 0 Å². The Balaban J connectivity index is 3.72. The first-order valence-corrected chi connectivity index (χ1v) is 2.85. The van der Waals surface area contributed by atoms with Gasteiger partial charge in [0.15, 0.2) is 0 Å². The zero-order valence-electron chi connectivity index (χ0n) is 5.72. The molecule has 1 amide bonds. The number of nitrogens with one attached hydrogen (secondary N) is 1. The number of amides is 1. The molecular formula is C5H13N3O. The minimum absolute atomic E-state index is 0.133. The van der Waals surface area contributed by atoms with Crippen LogP contribution in [0.3, 0.4) is 0 Å². The summed E-state index contributed by atoms with van der Waals surface area (Å²) in [7, 11) is 0. The van der Waals surface area contributed by atoms with E-state index < -0.39 is 6.04 Å². The molecule has 0 aliphatic carbocycles. The number of hydrazine groups is 1. The molecule has 0 aromatic heterocycles. The van der Waals surface area contributed by atoms with Crippen LogP contribution in [0.15, 0.2) is 0 Å². The van der Waals surface area contributed by atoms with E-state index >= 15 is 0 Å². The summed E-state index contributed by atoms with van der Waals surface area (Å²) >= 11 is 0. The maximum Gasteiger partial charge on any atom is 0.251 e. The molecule has 0 spiro atoms. The fraction of sp³-hybridized carbons (Fsp3) is 0.800. The molecule has 0 radical (unpaired) electrons. The van der Waals surface area contributed by atoms with Crippen LogP contribution < -0.4 is 17.0 Å². The minimum atomic E-state index is -0.491. The van der Waals surface area contributed by atoms with Crippen LogP contribution in [-0.4, -0.2) is 11.9 Å². The predicted octanol–water partition coefficient (Wildman–Crippen LogP) is -1.04. The quantitative estimate of drug-likeness (QED) is 0.254. The second-order valence-corrected chi connectivity index (χ2v) is 2.28. The van der Waals surface area contributed by atoms with E-state index in [2.05, 4.69) is 0 Å². The van der Waals surface area contributed by atoms with Gasteiger partial charge in [-0.05, 0) is 5.92 Å². The summed E-state index contributed by atoms with van der Waals surface area (Å²) in [5.74, 6) is 4.65. The van der Waals surface area contributed by atoms with Crippen molar-refractivity contribution in [3.8, 4) is 0 Å². The van der Waals surface area contributed by atoms with Crippen LogP contribution >= 0.6 is 0 Å². The first-order valence-electron chi connectivity index (χ1n) is 2.85. The van der Waals surface area contributed by atoms with Crippen molar-refractivity contribution in [3.05, 3.63) is 0 Å². The van der Waals surface area contributed by atoms with Gasteiger partial charge in [0.25, 0.3) is 5.91 Å². The first kappa shape index (κ1) is 8.39. The average Bonchev–Trinajstić information content (AvgIpc) is 1.84. The Kier molecular flexibility index (Phi) is 3.19. The van der Waals surface area contributed by atoms with Crippen LogP contribution in [0.5, 0.6) is 0 Å². The summed E-state index contributed by atoms with van der Waals surface area (Å²) in [4.78, 5) is 10.6. The summed E-state index contributed by atoms with van der Waals surface area (Å²) in [6.45, 7) is 3.72. The smallest absolute Gasteiger partial charge is 0.251 e. The lowest BCUT2D eigenvalue weighted by Gasteiger charge is -2.12. The molecule has 0 aliphatic heterocycles. The van der Waals surface area contributed by atoms with Crippen molar-refractivity contribution < 1.29 is 4.79 Å². The molecule has 0 aromatic carbocycles. The number of carbonyl (C=O) groups excluding carboxylic acids is 1. The van der Waals surface area contributed by atoms with Crippen LogP contribution in [0.4, 0.5) is 0 Å². The molecule has 0 bridgehead atoms. The van der Waals surface area contributed by atoms with Gasteiger partial charge >= 0.3 is 0 Å². The number of hydrogen-bond donors (Lipinski definition) is 3. The van der Waals surface area contributed by atoms with Gasteiger partial charge in [-0.3, -0.25) is 10.2 Å². The third kappa shape index (κ3) is 2.43. The molecular weight excluding hydrogens is 118 g/mol. The zero-order chi connectivity index (χ0) is 7.44. The maximum absolute atomic E-state index is 10.6. The van der Waals surface area contributed by atoms with Crippen LogP contribution in [-0.2, 0) is 4.79 Å². The van der Waals surface area contributed by atoms with E-state index in [1.54, 1.807) is 0 Å². The van der Waals surface area contributed by atoms with Crippen molar-refractivity contribution in [1.82, 2.24) is 5.43 Å². The minimum Gasteiger partial charge on any atom is -0.320 e. The second kappa shape index (κ2) is 3.42. The summed E-state index contributed by atoms with van der Waals surface area (Å²) < 4.78 is 0. The van der Waals surface area contributed by atoms with Gasteiger partial charge in [0.05, 0.1) is 6.04 Å². The summed E-state index contributed by atoms with van der Waals surface area (Å²) in [6, 6.07) is -0.491. The van der Waals surface area contributed by atoms with Gasteiger partial charge in [0.1, 0.15) is 0 Å². The van der Waals surface area contributed by atoms with Crippen molar-refractivity contribution in [3.63, 3.8) is 0 Å². The van der Waals surface area contributed by atoms with Crippen molar-refractivity contribution in [2.45, 2.75) is 19.9 Å². The molecule has 0 heterocycles. The lowest BCUT2D eigenvalue weighted by Crippen LogP contribution is -2.46. The highest BCUT2D eigenvalue weighted by molar-refractivity contribution is 5.81. The molecule has 1 atom stereocenters. The van der Waals surface area contributed by atoms with Crippen molar-refractivity contribution >= 4 is 5.91 Å². The molecule has 5 N–H and O–H groups in total. The second-order valence-electron chi connectivity index (χ2n) is 2.28. The van der Waals surface area contributed by atoms with Crippen LogP contribution in [0, 0.1) is 5.92 Å². The third-order valence-electron chi connectivity index (χ3n) is 1.16. The molecule has 4 heteroatoms. The van der Waals surface area contributed by atoms with Crippen molar-refractivity contribution in [1.29, 1.82) is 0 Å². The Labute approximate surface area is 54.6 Å². The number of rotatable bonds is 2.